The summed E-state index contributed by atoms with van der Waals surface area (Å²) in [6, 6.07) is 3.50. The van der Waals surface area contributed by atoms with Crippen LogP contribution in [0, 0.1) is 0 Å². The van der Waals surface area contributed by atoms with Gasteiger partial charge in [0.2, 0.25) is 0 Å². The highest BCUT2D eigenvalue weighted by Gasteiger charge is 2.13. The molecule has 0 unspecified atom stereocenters. The zero-order valence-electron chi connectivity index (χ0n) is 10.7. The Morgan fingerprint density at radius 1 is 1.50 bits per heavy atom. The number of nitrogen functional groups attached to an aromatic ring is 1. The Hall–Kier alpha value is -0.680. The van der Waals surface area contributed by atoms with Gasteiger partial charge >= 0.3 is 0 Å². The van der Waals surface area contributed by atoms with E-state index in [4.69, 9.17) is 10.5 Å². The Morgan fingerprint density at radius 3 is 2.83 bits per heavy atom. The molecule has 100 valence electrons. The molecular formula is C13H18BrNO2S. The molecule has 0 saturated carbocycles. The van der Waals surface area contributed by atoms with Gasteiger partial charge in [0.05, 0.1) is 17.9 Å². The molecule has 0 spiro atoms. The van der Waals surface area contributed by atoms with Crippen LogP contribution in [0.15, 0.2) is 16.6 Å². The summed E-state index contributed by atoms with van der Waals surface area (Å²) in [6.45, 7) is 4.23. The lowest BCUT2D eigenvalue weighted by Gasteiger charge is -2.13. The fourth-order valence-electron chi connectivity index (χ4n) is 1.52. The average molecular weight is 332 g/mol. The summed E-state index contributed by atoms with van der Waals surface area (Å²) in [5.41, 5.74) is 6.92. The Bertz CT molecular complexity index is 424. The smallest absolute Gasteiger partial charge is 0.163 e. The Morgan fingerprint density at radius 2 is 2.22 bits per heavy atom. The number of ether oxygens (including phenoxy) is 1. The van der Waals surface area contributed by atoms with Gasteiger partial charge in [0, 0.05) is 4.47 Å². The second-order valence-corrected chi connectivity index (χ2v) is 6.14. The first-order chi connectivity index (χ1) is 8.56. The summed E-state index contributed by atoms with van der Waals surface area (Å²) in [5, 5.41) is 0. The van der Waals surface area contributed by atoms with E-state index in [2.05, 4.69) is 22.9 Å². The van der Waals surface area contributed by atoms with Crippen LogP contribution in [0.25, 0.3) is 0 Å². The molecule has 0 aliphatic heterocycles. The van der Waals surface area contributed by atoms with Gasteiger partial charge in [-0.05, 0) is 37.0 Å². The zero-order valence-corrected chi connectivity index (χ0v) is 13.1. The molecule has 0 bridgehead atoms. The van der Waals surface area contributed by atoms with Gasteiger partial charge in [0.15, 0.2) is 11.5 Å². The maximum absolute atomic E-state index is 11.5. The highest BCUT2D eigenvalue weighted by molar-refractivity contribution is 9.10. The Balaban J connectivity index is 2.71. The Kier molecular flexibility index (Phi) is 6.57. The van der Waals surface area contributed by atoms with Crippen molar-refractivity contribution in [3.8, 4) is 5.75 Å². The molecule has 18 heavy (non-hydrogen) atoms. The van der Waals surface area contributed by atoms with E-state index in [1.807, 2.05) is 11.8 Å². The van der Waals surface area contributed by atoms with Crippen molar-refractivity contribution in [1.82, 2.24) is 0 Å². The predicted octanol–water partition coefficient (Wildman–Crippen LogP) is 3.76. The average Bonchev–Trinajstić information content (AvgIpc) is 2.30. The number of carbonyl (C=O) groups is 1. The summed E-state index contributed by atoms with van der Waals surface area (Å²) in [4.78, 5) is 11.5. The topological polar surface area (TPSA) is 52.3 Å². The molecule has 0 radical (unpaired) electrons. The number of benzene rings is 1. The number of anilines is 1. The molecule has 0 saturated heterocycles. The van der Waals surface area contributed by atoms with Crippen LogP contribution in [0.5, 0.6) is 5.75 Å². The minimum absolute atomic E-state index is 0.0408. The van der Waals surface area contributed by atoms with Crippen LogP contribution in [0.2, 0.25) is 0 Å². The van der Waals surface area contributed by atoms with Crippen LogP contribution in [0.3, 0.4) is 0 Å². The molecule has 3 nitrogen and oxygen atoms in total. The lowest BCUT2D eigenvalue weighted by atomic mass is 10.1. The summed E-state index contributed by atoms with van der Waals surface area (Å²) in [6.07, 6.45) is 0.950. The summed E-state index contributed by atoms with van der Waals surface area (Å²) in [7, 11) is 0. The van der Waals surface area contributed by atoms with Crippen molar-refractivity contribution in [2.45, 2.75) is 20.3 Å². The van der Waals surface area contributed by atoms with Gasteiger partial charge in [0.1, 0.15) is 0 Å². The maximum atomic E-state index is 11.5. The van der Waals surface area contributed by atoms with E-state index in [0.29, 0.717) is 23.6 Å². The van der Waals surface area contributed by atoms with Crippen molar-refractivity contribution in [2.75, 3.05) is 23.8 Å². The van der Waals surface area contributed by atoms with Crippen LogP contribution in [0.1, 0.15) is 30.6 Å². The van der Waals surface area contributed by atoms with Crippen LogP contribution < -0.4 is 10.5 Å². The highest BCUT2D eigenvalue weighted by atomic mass is 79.9. The van der Waals surface area contributed by atoms with E-state index in [9.17, 15) is 4.79 Å². The molecule has 1 aromatic rings. The summed E-state index contributed by atoms with van der Waals surface area (Å²) >= 11 is 5.20. The van der Waals surface area contributed by atoms with E-state index in [-0.39, 0.29) is 5.78 Å². The number of nitrogens with two attached hydrogens (primary N) is 1. The minimum atomic E-state index is -0.0408. The van der Waals surface area contributed by atoms with Gasteiger partial charge in [-0.1, -0.05) is 22.9 Å². The van der Waals surface area contributed by atoms with Gasteiger partial charge in [-0.2, -0.15) is 11.8 Å². The fraction of sp³-hybridized carbons (Fsp3) is 0.462. The molecule has 0 amide bonds. The number of hydrogen-bond donors (Lipinski definition) is 1. The summed E-state index contributed by atoms with van der Waals surface area (Å²) < 4.78 is 6.44. The van der Waals surface area contributed by atoms with Crippen LogP contribution in [-0.2, 0) is 0 Å². The SMILES string of the molecule is CCSCCCOc1c(N)cc(Br)cc1C(C)=O. The molecule has 2 N–H and O–H groups in total. The monoisotopic (exact) mass is 331 g/mol. The molecule has 0 aromatic heterocycles. The lowest BCUT2D eigenvalue weighted by Crippen LogP contribution is -2.06. The van der Waals surface area contributed by atoms with Crippen molar-refractivity contribution >= 4 is 39.2 Å². The highest BCUT2D eigenvalue weighted by Crippen LogP contribution is 2.31. The first kappa shape index (κ1) is 15.4. The first-order valence-corrected chi connectivity index (χ1v) is 7.81. The van der Waals surface area contributed by atoms with Crippen LogP contribution in [-0.4, -0.2) is 23.9 Å². The second kappa shape index (κ2) is 7.69. The van der Waals surface area contributed by atoms with Crippen molar-refractivity contribution in [3.05, 3.63) is 22.2 Å². The van der Waals surface area contributed by atoms with Crippen molar-refractivity contribution < 1.29 is 9.53 Å². The molecule has 0 atom stereocenters. The molecule has 0 aliphatic carbocycles. The minimum Gasteiger partial charge on any atom is -0.491 e. The van der Waals surface area contributed by atoms with Gasteiger partial charge in [-0.15, -0.1) is 0 Å². The largest absolute Gasteiger partial charge is 0.491 e. The van der Waals surface area contributed by atoms with E-state index >= 15 is 0 Å². The van der Waals surface area contributed by atoms with Crippen LogP contribution >= 0.6 is 27.7 Å². The Labute approximate surface area is 121 Å². The molecule has 5 heteroatoms. The van der Waals surface area contributed by atoms with E-state index in [1.54, 1.807) is 12.1 Å². The van der Waals surface area contributed by atoms with Crippen molar-refractivity contribution in [1.29, 1.82) is 0 Å². The quantitative estimate of drug-likeness (QED) is 0.469. The molecule has 1 rings (SSSR count). The number of halogens is 1. The van der Waals surface area contributed by atoms with Gasteiger partial charge < -0.3 is 10.5 Å². The first-order valence-electron chi connectivity index (χ1n) is 5.86. The number of carbonyl (C=O) groups excluding carboxylic acids is 1. The maximum Gasteiger partial charge on any atom is 0.163 e. The number of thioether (sulfide) groups is 1. The molecule has 0 heterocycles. The van der Waals surface area contributed by atoms with Crippen molar-refractivity contribution in [3.63, 3.8) is 0 Å². The molecule has 0 aliphatic rings. The third-order valence-corrected chi connectivity index (χ3v) is 3.79. The third-order valence-electron chi connectivity index (χ3n) is 2.35. The molecular weight excluding hydrogens is 314 g/mol. The number of rotatable bonds is 7. The second-order valence-electron chi connectivity index (χ2n) is 3.83. The zero-order chi connectivity index (χ0) is 13.5. The molecule has 0 fully saturated rings. The number of Topliss-reactive ketones (excluding diaryl/α,β-unsaturated/α-hetero) is 1. The molecule has 1 aromatic carbocycles. The van der Waals surface area contributed by atoms with Crippen molar-refractivity contribution in [2.24, 2.45) is 0 Å². The van der Waals surface area contributed by atoms with E-state index in [1.165, 1.54) is 6.92 Å². The lowest BCUT2D eigenvalue weighted by molar-refractivity contribution is 0.101. The van der Waals surface area contributed by atoms with E-state index < -0.39 is 0 Å². The standard InChI is InChI=1S/C13H18BrNO2S/c1-3-18-6-4-5-17-13-11(9(2)16)7-10(14)8-12(13)15/h7-8H,3-6,15H2,1-2H3. The third kappa shape index (κ3) is 4.53. The predicted molar refractivity (Wildman–Crippen MR) is 81.7 cm³/mol. The van der Waals surface area contributed by atoms with Crippen LogP contribution in [0.4, 0.5) is 5.69 Å². The fourth-order valence-corrected chi connectivity index (χ4v) is 2.60. The normalized spacial score (nSPS) is 10.4. The van der Waals surface area contributed by atoms with Gasteiger partial charge in [-0.3, -0.25) is 4.79 Å². The van der Waals surface area contributed by atoms with Gasteiger partial charge in [0.25, 0.3) is 0 Å². The number of hydrogen-bond acceptors (Lipinski definition) is 4. The summed E-state index contributed by atoms with van der Waals surface area (Å²) in [5.74, 6) is 2.63. The van der Waals surface area contributed by atoms with Gasteiger partial charge in [-0.25, -0.2) is 0 Å². The van der Waals surface area contributed by atoms with E-state index in [0.717, 1.165) is 22.4 Å². The number of ketones is 1.